The number of hydrogen-bond donors (Lipinski definition) is 0. The molecule has 0 aliphatic heterocycles. The Labute approximate surface area is 138 Å². The molecule has 0 bridgehead atoms. The maximum absolute atomic E-state index is 6.03. The van der Waals surface area contributed by atoms with Crippen molar-refractivity contribution >= 4 is 10.2 Å². The summed E-state index contributed by atoms with van der Waals surface area (Å²) >= 11 is 0. The summed E-state index contributed by atoms with van der Waals surface area (Å²) < 4.78 is 18.1. The zero-order chi connectivity index (χ0) is 16.0. The van der Waals surface area contributed by atoms with Crippen molar-refractivity contribution in [3.63, 3.8) is 0 Å². The van der Waals surface area contributed by atoms with Crippen LogP contribution in [-0.2, 0) is 0 Å². The minimum atomic E-state index is -1.15. The Morgan fingerprint density at radius 1 is 0.478 bits per heavy atom. The van der Waals surface area contributed by atoms with Gasteiger partial charge < -0.3 is 14.2 Å². The third-order valence-corrected chi connectivity index (χ3v) is 3.75. The van der Waals surface area contributed by atoms with Crippen LogP contribution >= 0.6 is 0 Å². The second kappa shape index (κ2) is 7.02. The quantitative estimate of drug-likeness (QED) is 0.515. The molecule has 3 aromatic carbocycles. The summed E-state index contributed by atoms with van der Waals surface area (Å²) in [6, 6.07) is 28.6. The normalized spacial score (nSPS) is 11.0. The molecule has 3 aromatic rings. The fourth-order valence-electron chi connectivity index (χ4n) is 2.17. The summed E-state index contributed by atoms with van der Waals surface area (Å²) in [6.07, 6.45) is 0. The Kier molecular flexibility index (Phi) is 4.64. The Balaban J connectivity index is 1.85. The fourth-order valence-corrected chi connectivity index (χ4v) is 2.88. The van der Waals surface area contributed by atoms with Crippen LogP contribution in [0.25, 0.3) is 0 Å². The molecule has 3 rings (SSSR count). The lowest BCUT2D eigenvalue weighted by Gasteiger charge is -2.31. The molecule has 0 aliphatic carbocycles. The van der Waals surface area contributed by atoms with E-state index in [1.165, 1.54) is 0 Å². The lowest BCUT2D eigenvalue weighted by molar-refractivity contribution is -0.183. The number of para-hydroxylation sites is 3. The molecular weight excluding hydrogens is 304 g/mol. The van der Waals surface area contributed by atoms with Crippen LogP contribution in [0.2, 0.25) is 0 Å². The standard InChI is InChI=1S/C19H18O3Si/c23-19(20-16-10-4-1-5-11-16,21-17-12-6-2-7-13-17)22-18-14-8-3-9-15-18/h1-15H,23H3. The van der Waals surface area contributed by atoms with Crippen LogP contribution in [-0.4, -0.2) is 15.8 Å². The molecule has 0 saturated carbocycles. The Hall–Kier alpha value is -2.72. The summed E-state index contributed by atoms with van der Waals surface area (Å²) in [4.78, 5) is 0. The predicted octanol–water partition coefficient (Wildman–Crippen LogP) is 3.20. The van der Waals surface area contributed by atoms with Crippen molar-refractivity contribution in [2.75, 3.05) is 0 Å². The van der Waals surface area contributed by atoms with Crippen LogP contribution in [0.5, 0.6) is 17.2 Å². The Morgan fingerprint density at radius 3 is 1.00 bits per heavy atom. The predicted molar refractivity (Wildman–Crippen MR) is 93.9 cm³/mol. The summed E-state index contributed by atoms with van der Waals surface area (Å²) in [5, 5.41) is 0. The van der Waals surface area contributed by atoms with Gasteiger partial charge in [-0.15, -0.1) is 0 Å². The monoisotopic (exact) mass is 322 g/mol. The molecule has 0 saturated heterocycles. The molecule has 0 fully saturated rings. The summed E-state index contributed by atoms with van der Waals surface area (Å²) in [5.74, 6) is 2.11. The van der Waals surface area contributed by atoms with Crippen LogP contribution in [0.1, 0.15) is 0 Å². The number of rotatable bonds is 6. The van der Waals surface area contributed by atoms with Gasteiger partial charge in [0.05, 0.1) is 0 Å². The molecule has 0 spiro atoms. The molecular formula is C19H18O3Si. The first-order chi connectivity index (χ1) is 11.2. The third-order valence-electron chi connectivity index (χ3n) is 3.14. The summed E-state index contributed by atoms with van der Waals surface area (Å²) in [5.41, 5.74) is -1.15. The highest BCUT2D eigenvalue weighted by molar-refractivity contribution is 6.13. The van der Waals surface area contributed by atoms with Gasteiger partial charge in [-0.3, -0.25) is 0 Å². The molecule has 23 heavy (non-hydrogen) atoms. The van der Waals surface area contributed by atoms with Gasteiger partial charge in [0.25, 0.3) is 0 Å². The number of benzene rings is 3. The molecule has 0 amide bonds. The second-order valence-corrected chi connectivity index (χ2v) is 6.33. The zero-order valence-corrected chi connectivity index (χ0v) is 14.9. The van der Waals surface area contributed by atoms with Crippen molar-refractivity contribution in [3.8, 4) is 17.2 Å². The van der Waals surface area contributed by atoms with E-state index in [-0.39, 0.29) is 0 Å². The highest BCUT2D eigenvalue weighted by atomic mass is 28.1. The van der Waals surface area contributed by atoms with Crippen molar-refractivity contribution in [2.45, 2.75) is 5.60 Å². The molecule has 0 aliphatic rings. The van der Waals surface area contributed by atoms with E-state index in [4.69, 9.17) is 14.2 Å². The van der Waals surface area contributed by atoms with E-state index in [9.17, 15) is 0 Å². The minimum absolute atomic E-state index is 0.506. The number of hydrogen-bond acceptors (Lipinski definition) is 3. The highest BCUT2D eigenvalue weighted by Crippen LogP contribution is 2.24. The van der Waals surface area contributed by atoms with E-state index in [0.29, 0.717) is 27.5 Å². The van der Waals surface area contributed by atoms with E-state index < -0.39 is 5.60 Å². The molecule has 116 valence electrons. The van der Waals surface area contributed by atoms with Gasteiger partial charge in [0.15, 0.2) is 10.2 Å². The lowest BCUT2D eigenvalue weighted by Crippen LogP contribution is -2.49. The van der Waals surface area contributed by atoms with Crippen LogP contribution in [0.3, 0.4) is 0 Å². The van der Waals surface area contributed by atoms with Crippen molar-refractivity contribution < 1.29 is 14.2 Å². The smallest absolute Gasteiger partial charge is 0.368 e. The first-order valence-electron chi connectivity index (χ1n) is 7.46. The molecule has 0 atom stereocenters. The summed E-state index contributed by atoms with van der Waals surface area (Å²) in [6.45, 7) is 0. The molecule has 0 radical (unpaired) electrons. The topological polar surface area (TPSA) is 27.7 Å². The molecule has 0 N–H and O–H groups in total. The molecule has 3 nitrogen and oxygen atoms in total. The Bertz CT molecular complexity index is 616. The van der Waals surface area contributed by atoms with Crippen molar-refractivity contribution in [1.82, 2.24) is 0 Å². The minimum Gasteiger partial charge on any atom is -0.426 e. The van der Waals surface area contributed by atoms with Gasteiger partial charge >= 0.3 is 5.60 Å². The largest absolute Gasteiger partial charge is 0.426 e. The van der Waals surface area contributed by atoms with Gasteiger partial charge in [-0.2, -0.15) is 0 Å². The van der Waals surface area contributed by atoms with Gasteiger partial charge in [-0.1, -0.05) is 54.6 Å². The maximum Gasteiger partial charge on any atom is 0.368 e. The van der Waals surface area contributed by atoms with Gasteiger partial charge in [-0.05, 0) is 36.4 Å². The molecule has 0 unspecified atom stereocenters. The second-order valence-electron chi connectivity index (χ2n) is 5.11. The molecule has 4 heteroatoms. The SMILES string of the molecule is [SiH3]C(Oc1ccccc1)(Oc1ccccc1)Oc1ccccc1. The first kappa shape index (κ1) is 15.2. The maximum atomic E-state index is 6.03. The van der Waals surface area contributed by atoms with Crippen LogP contribution in [0.15, 0.2) is 91.0 Å². The van der Waals surface area contributed by atoms with Crippen LogP contribution in [0.4, 0.5) is 0 Å². The van der Waals surface area contributed by atoms with E-state index in [2.05, 4.69) is 0 Å². The molecule has 0 aromatic heterocycles. The number of ether oxygens (including phenoxy) is 3. The van der Waals surface area contributed by atoms with E-state index in [1.54, 1.807) is 0 Å². The average molecular weight is 322 g/mol. The fraction of sp³-hybridized carbons (Fsp3) is 0.0526. The van der Waals surface area contributed by atoms with Gasteiger partial charge in [0.2, 0.25) is 0 Å². The lowest BCUT2D eigenvalue weighted by atomic mass is 10.3. The third kappa shape index (κ3) is 4.37. The zero-order valence-electron chi connectivity index (χ0n) is 12.9. The van der Waals surface area contributed by atoms with Gasteiger partial charge in [-0.25, -0.2) is 0 Å². The van der Waals surface area contributed by atoms with E-state index in [0.717, 1.165) is 0 Å². The molecule has 0 heterocycles. The van der Waals surface area contributed by atoms with Gasteiger partial charge in [0, 0.05) is 0 Å². The average Bonchev–Trinajstić information content (AvgIpc) is 2.57. The van der Waals surface area contributed by atoms with Crippen molar-refractivity contribution in [2.24, 2.45) is 0 Å². The van der Waals surface area contributed by atoms with Crippen molar-refractivity contribution in [1.29, 1.82) is 0 Å². The van der Waals surface area contributed by atoms with Gasteiger partial charge in [0.1, 0.15) is 17.2 Å². The highest BCUT2D eigenvalue weighted by Gasteiger charge is 2.31. The van der Waals surface area contributed by atoms with Crippen LogP contribution in [0, 0.1) is 0 Å². The van der Waals surface area contributed by atoms with Crippen molar-refractivity contribution in [3.05, 3.63) is 91.0 Å². The van der Waals surface area contributed by atoms with Crippen LogP contribution < -0.4 is 14.2 Å². The first-order valence-corrected chi connectivity index (χ1v) is 8.46. The van der Waals surface area contributed by atoms with E-state index >= 15 is 0 Å². The Morgan fingerprint density at radius 2 is 0.739 bits per heavy atom. The summed E-state index contributed by atoms with van der Waals surface area (Å²) in [7, 11) is 0.506. The van der Waals surface area contributed by atoms with E-state index in [1.807, 2.05) is 91.0 Å².